The maximum Gasteiger partial charge on any atom is 0.283 e. The minimum Gasteiger partial charge on any atom is -0.313 e. The van der Waals surface area contributed by atoms with Gasteiger partial charge in [0.05, 0.1) is 47.3 Å². The molecule has 0 bridgehead atoms. The summed E-state index contributed by atoms with van der Waals surface area (Å²) in [5, 5.41) is 10.3. The fraction of sp³-hybridized carbons (Fsp3) is 0.412. The van der Waals surface area contributed by atoms with Crippen molar-refractivity contribution in [3.05, 3.63) is 34.5 Å². The van der Waals surface area contributed by atoms with Crippen molar-refractivity contribution in [3.8, 4) is 0 Å². The number of pyridine rings is 1. The molecule has 0 spiro atoms. The minimum absolute atomic E-state index is 0.153. The van der Waals surface area contributed by atoms with Crippen LogP contribution in [0.5, 0.6) is 0 Å². The summed E-state index contributed by atoms with van der Waals surface area (Å²) in [4.78, 5) is 19.8. The zero-order valence-corrected chi connectivity index (χ0v) is 15.9. The summed E-state index contributed by atoms with van der Waals surface area (Å²) in [6.45, 7) is 6.80. The normalized spacial score (nSPS) is 16.1. The molecule has 4 aromatic rings. The number of hydrogen-bond acceptors (Lipinski definition) is 7. The quantitative estimate of drug-likeness (QED) is 0.496. The van der Waals surface area contributed by atoms with Crippen LogP contribution in [-0.4, -0.2) is 52.9 Å². The molecule has 0 atom stereocenters. The van der Waals surface area contributed by atoms with E-state index in [0.29, 0.717) is 18.7 Å². The molecule has 10 heteroatoms. The fourth-order valence-electron chi connectivity index (χ4n) is 3.61. The Hall–Kier alpha value is -2.43. The van der Waals surface area contributed by atoms with Gasteiger partial charge in [-0.05, 0) is 13.8 Å². The lowest BCUT2D eigenvalue weighted by Gasteiger charge is -2.27. The zero-order chi connectivity index (χ0) is 18.5. The van der Waals surface area contributed by atoms with Gasteiger partial charge in [-0.3, -0.25) is 9.69 Å². The van der Waals surface area contributed by atoms with Crippen LogP contribution < -0.4 is 5.56 Å². The third-order valence-electron chi connectivity index (χ3n) is 4.87. The van der Waals surface area contributed by atoms with Gasteiger partial charge < -0.3 is 8.75 Å². The van der Waals surface area contributed by atoms with Crippen LogP contribution in [0.4, 0.5) is 0 Å². The predicted molar refractivity (Wildman–Crippen MR) is 104 cm³/mol. The Balaban J connectivity index is 1.87. The van der Waals surface area contributed by atoms with E-state index in [2.05, 4.69) is 24.6 Å². The van der Waals surface area contributed by atoms with E-state index in [1.165, 1.54) is 16.6 Å². The molecular weight excluding hydrogens is 366 g/mol. The Bertz CT molecular complexity index is 1220. The van der Waals surface area contributed by atoms with Gasteiger partial charge in [-0.2, -0.15) is 14.7 Å². The van der Waals surface area contributed by atoms with Gasteiger partial charge in [-0.1, -0.05) is 0 Å². The van der Waals surface area contributed by atoms with Gasteiger partial charge in [0.15, 0.2) is 5.65 Å². The summed E-state index contributed by atoms with van der Waals surface area (Å²) >= 11 is 1.45. The van der Waals surface area contributed by atoms with Gasteiger partial charge in [-0.25, -0.2) is 9.67 Å². The van der Waals surface area contributed by atoms with Crippen molar-refractivity contribution in [2.75, 3.05) is 19.0 Å². The smallest absolute Gasteiger partial charge is 0.283 e. The molecular formula is C17H19N7O2S. The summed E-state index contributed by atoms with van der Waals surface area (Å²) in [5.41, 5.74) is 3.07. The number of aromatic nitrogens is 6. The number of hydrogen-bond donors (Lipinski definition) is 0. The molecule has 0 aromatic carbocycles. The molecule has 1 fully saturated rings. The molecule has 0 amide bonds. The highest BCUT2D eigenvalue weighted by molar-refractivity contribution is 7.94. The van der Waals surface area contributed by atoms with E-state index in [0.717, 1.165) is 46.9 Å². The number of nitrogens with zero attached hydrogens (tertiary/aromatic N) is 7. The third-order valence-corrected chi connectivity index (χ3v) is 5.67. The second kappa shape index (κ2) is 6.32. The van der Waals surface area contributed by atoms with Crippen molar-refractivity contribution in [3.63, 3.8) is 0 Å². The van der Waals surface area contributed by atoms with Crippen LogP contribution in [0.3, 0.4) is 0 Å². The van der Waals surface area contributed by atoms with Crippen molar-refractivity contribution in [1.29, 1.82) is 0 Å². The maximum absolute atomic E-state index is 13.0. The lowest BCUT2D eigenvalue weighted by atomic mass is 10.2. The SMILES string of the molecule is CCn1ncc2c1ncc1c(=O)n3nc(C)cc3n(CN3CCOSC3)c12. The molecule has 5 rings (SSSR count). The van der Waals surface area contributed by atoms with Crippen LogP contribution in [0.25, 0.3) is 27.6 Å². The molecule has 0 saturated carbocycles. The highest BCUT2D eigenvalue weighted by atomic mass is 32.2. The average Bonchev–Trinajstić information content (AvgIpc) is 3.28. The minimum atomic E-state index is -0.153. The molecule has 0 N–H and O–H groups in total. The Morgan fingerprint density at radius 1 is 1.30 bits per heavy atom. The monoisotopic (exact) mass is 385 g/mol. The van der Waals surface area contributed by atoms with Crippen LogP contribution in [0.2, 0.25) is 0 Å². The molecule has 1 saturated heterocycles. The van der Waals surface area contributed by atoms with E-state index in [1.807, 2.05) is 24.6 Å². The zero-order valence-electron chi connectivity index (χ0n) is 15.1. The van der Waals surface area contributed by atoms with Crippen LogP contribution in [0.1, 0.15) is 12.6 Å². The highest BCUT2D eigenvalue weighted by Crippen LogP contribution is 2.25. The molecule has 1 aliphatic heterocycles. The Labute approximate surface area is 158 Å². The molecule has 27 heavy (non-hydrogen) atoms. The van der Waals surface area contributed by atoms with E-state index >= 15 is 0 Å². The highest BCUT2D eigenvalue weighted by Gasteiger charge is 2.20. The van der Waals surface area contributed by atoms with Crippen molar-refractivity contribution in [2.24, 2.45) is 0 Å². The Kier molecular flexibility index (Phi) is 3.92. The van der Waals surface area contributed by atoms with E-state index in [-0.39, 0.29) is 5.56 Å². The standard InChI is InChI=1S/C17H19N7O2S/c1-3-23-16-12(8-19-23)15-13(7-18-16)17(25)24-14(6-11(2)20-24)22(15)9-21-4-5-26-27-10-21/h6-8H,3-5,9-10H2,1-2H3. The van der Waals surface area contributed by atoms with Crippen molar-refractivity contribution < 1.29 is 4.18 Å². The van der Waals surface area contributed by atoms with Crippen molar-refractivity contribution in [2.45, 2.75) is 27.1 Å². The first kappa shape index (κ1) is 16.7. The van der Waals surface area contributed by atoms with Crippen molar-refractivity contribution >= 4 is 39.6 Å². The summed E-state index contributed by atoms with van der Waals surface area (Å²) in [7, 11) is 0. The van der Waals surface area contributed by atoms with Gasteiger partial charge in [0.1, 0.15) is 5.65 Å². The van der Waals surface area contributed by atoms with Crippen LogP contribution in [0.15, 0.2) is 23.3 Å². The Morgan fingerprint density at radius 2 is 2.19 bits per heavy atom. The van der Waals surface area contributed by atoms with Gasteiger partial charge in [0.2, 0.25) is 0 Å². The molecule has 1 aliphatic rings. The Morgan fingerprint density at radius 3 is 2.96 bits per heavy atom. The van der Waals surface area contributed by atoms with Gasteiger partial charge in [0.25, 0.3) is 5.56 Å². The maximum atomic E-state index is 13.0. The second-order valence-electron chi connectivity index (χ2n) is 6.61. The second-order valence-corrected chi connectivity index (χ2v) is 7.34. The lowest BCUT2D eigenvalue weighted by molar-refractivity contribution is 0.189. The third kappa shape index (κ3) is 2.55. The van der Waals surface area contributed by atoms with E-state index in [1.54, 1.807) is 12.4 Å². The molecule has 5 heterocycles. The summed E-state index contributed by atoms with van der Waals surface area (Å²) in [6, 6.07) is 1.95. The van der Waals surface area contributed by atoms with Gasteiger partial charge in [0, 0.05) is 37.4 Å². The van der Waals surface area contributed by atoms with E-state index < -0.39 is 0 Å². The number of fused-ring (bicyclic) bond motifs is 4. The molecule has 9 nitrogen and oxygen atoms in total. The molecule has 4 aromatic heterocycles. The van der Waals surface area contributed by atoms with Crippen LogP contribution in [-0.2, 0) is 17.4 Å². The van der Waals surface area contributed by atoms with Crippen LogP contribution >= 0.6 is 12.0 Å². The first-order valence-electron chi connectivity index (χ1n) is 8.87. The number of rotatable bonds is 3. The average molecular weight is 385 g/mol. The van der Waals surface area contributed by atoms with Crippen molar-refractivity contribution in [1.82, 2.24) is 33.8 Å². The molecule has 0 radical (unpaired) electrons. The summed E-state index contributed by atoms with van der Waals surface area (Å²) in [6.07, 6.45) is 3.45. The molecule has 0 aliphatic carbocycles. The van der Waals surface area contributed by atoms with E-state index in [4.69, 9.17) is 4.18 Å². The summed E-state index contributed by atoms with van der Waals surface area (Å²) in [5.74, 6) is 0.773. The number of aryl methyl sites for hydroxylation is 2. The lowest BCUT2D eigenvalue weighted by Crippen LogP contribution is -2.34. The van der Waals surface area contributed by atoms with Gasteiger partial charge in [-0.15, -0.1) is 0 Å². The molecule has 140 valence electrons. The largest absolute Gasteiger partial charge is 0.313 e. The first-order valence-corrected chi connectivity index (χ1v) is 9.78. The predicted octanol–water partition coefficient (Wildman–Crippen LogP) is 1.62. The molecule has 0 unspecified atom stereocenters. The van der Waals surface area contributed by atoms with Crippen LogP contribution in [0, 0.1) is 6.92 Å². The fourth-order valence-corrected chi connectivity index (χ4v) is 4.23. The van der Waals surface area contributed by atoms with Gasteiger partial charge >= 0.3 is 0 Å². The first-order chi connectivity index (χ1) is 13.2. The topological polar surface area (TPSA) is 82.5 Å². The van der Waals surface area contributed by atoms with E-state index in [9.17, 15) is 4.79 Å². The summed E-state index contributed by atoms with van der Waals surface area (Å²) < 4.78 is 10.9.